The lowest BCUT2D eigenvalue weighted by molar-refractivity contribution is -0.166. The summed E-state index contributed by atoms with van der Waals surface area (Å²) in [5.74, 6) is -2.07. The highest BCUT2D eigenvalue weighted by Crippen LogP contribution is 2.29. The third-order valence-corrected chi connectivity index (χ3v) is 3.07. The van der Waals surface area contributed by atoms with Crippen molar-refractivity contribution in [2.24, 2.45) is 5.41 Å². The fourth-order valence-corrected chi connectivity index (χ4v) is 1.78. The van der Waals surface area contributed by atoms with Crippen molar-refractivity contribution >= 4 is 17.5 Å². The first-order valence-corrected chi connectivity index (χ1v) is 6.31. The zero-order valence-corrected chi connectivity index (χ0v) is 11.6. The highest BCUT2D eigenvalue weighted by Gasteiger charge is 2.48. The third kappa shape index (κ3) is 4.40. The van der Waals surface area contributed by atoms with Crippen molar-refractivity contribution in [1.29, 1.82) is 0 Å². The van der Waals surface area contributed by atoms with E-state index in [2.05, 4.69) is 0 Å². The number of carbonyl (C=O) groups is 3. The van der Waals surface area contributed by atoms with Crippen molar-refractivity contribution in [1.82, 2.24) is 0 Å². The quantitative estimate of drug-likeness (QED) is 0.461. The first kappa shape index (κ1) is 17.7. The van der Waals surface area contributed by atoms with Gasteiger partial charge in [0, 0.05) is 0 Å². The number of hydrogen-bond acceptors (Lipinski definition) is 6. The van der Waals surface area contributed by atoms with E-state index in [1.54, 1.807) is 0 Å². The van der Waals surface area contributed by atoms with Crippen LogP contribution in [0.2, 0.25) is 0 Å². The molecule has 0 fully saturated rings. The molecule has 6 heteroatoms. The first-order chi connectivity index (χ1) is 8.82. The molecule has 6 nitrogen and oxygen atoms in total. The molecule has 1 atom stereocenters. The van der Waals surface area contributed by atoms with Gasteiger partial charge in [-0.25, -0.2) is 0 Å². The summed E-state index contributed by atoms with van der Waals surface area (Å²) in [6.45, 7) is 3.24. The van der Waals surface area contributed by atoms with Crippen molar-refractivity contribution in [2.75, 3.05) is 13.2 Å². The summed E-state index contributed by atoms with van der Waals surface area (Å²) in [4.78, 5) is 35.5. The van der Waals surface area contributed by atoms with Crippen LogP contribution < -0.4 is 0 Å². The number of Topliss-reactive ketones (excluding diaryl/α,β-unsaturated/α-hetero) is 2. The van der Waals surface area contributed by atoms with Crippen LogP contribution in [0.15, 0.2) is 0 Å². The van der Waals surface area contributed by atoms with E-state index in [-0.39, 0.29) is 6.42 Å². The molecule has 0 rings (SSSR count). The van der Waals surface area contributed by atoms with E-state index in [1.165, 1.54) is 13.8 Å². The molecule has 0 aliphatic heterocycles. The standard InChI is InChI=1S/C13H22O6/c1-4-5-6-13(9(2)15,10(3)16)12(18)19-8-11(17)7-14/h11,14,17H,4-8H2,1-3H3. The summed E-state index contributed by atoms with van der Waals surface area (Å²) in [5, 5.41) is 17.8. The molecule has 0 bridgehead atoms. The maximum Gasteiger partial charge on any atom is 0.327 e. The Morgan fingerprint density at radius 3 is 2.11 bits per heavy atom. The Labute approximate surface area is 112 Å². The van der Waals surface area contributed by atoms with Crippen LogP contribution in [-0.2, 0) is 19.1 Å². The van der Waals surface area contributed by atoms with Gasteiger partial charge in [-0.1, -0.05) is 19.8 Å². The Morgan fingerprint density at radius 2 is 1.74 bits per heavy atom. The van der Waals surface area contributed by atoms with Crippen LogP contribution in [0.3, 0.4) is 0 Å². The molecule has 0 aromatic carbocycles. The van der Waals surface area contributed by atoms with Gasteiger partial charge in [0.1, 0.15) is 12.7 Å². The van der Waals surface area contributed by atoms with Gasteiger partial charge in [0.05, 0.1) is 6.61 Å². The van der Waals surface area contributed by atoms with Gasteiger partial charge < -0.3 is 14.9 Å². The number of aliphatic hydroxyl groups excluding tert-OH is 2. The van der Waals surface area contributed by atoms with E-state index in [9.17, 15) is 14.4 Å². The van der Waals surface area contributed by atoms with E-state index in [0.29, 0.717) is 6.42 Å². The maximum atomic E-state index is 12.0. The van der Waals surface area contributed by atoms with Gasteiger partial charge in [-0.15, -0.1) is 0 Å². The molecule has 2 N–H and O–H groups in total. The van der Waals surface area contributed by atoms with Crippen molar-refractivity contribution in [2.45, 2.75) is 46.1 Å². The summed E-state index contributed by atoms with van der Waals surface area (Å²) in [7, 11) is 0. The lowest BCUT2D eigenvalue weighted by Crippen LogP contribution is -2.46. The Balaban J connectivity index is 5.05. The number of ketones is 2. The van der Waals surface area contributed by atoms with Gasteiger partial charge in [0.2, 0.25) is 0 Å². The van der Waals surface area contributed by atoms with Gasteiger partial charge in [-0.2, -0.15) is 0 Å². The number of ether oxygens (including phenoxy) is 1. The average Bonchev–Trinajstić information content (AvgIpc) is 2.35. The van der Waals surface area contributed by atoms with Crippen LogP contribution >= 0.6 is 0 Å². The van der Waals surface area contributed by atoms with Crippen LogP contribution in [0.4, 0.5) is 0 Å². The minimum absolute atomic E-state index is 0.0994. The van der Waals surface area contributed by atoms with Crippen LogP contribution in [0.1, 0.15) is 40.0 Å². The van der Waals surface area contributed by atoms with Gasteiger partial charge >= 0.3 is 5.97 Å². The lowest BCUT2D eigenvalue weighted by Gasteiger charge is -2.26. The molecule has 110 valence electrons. The monoisotopic (exact) mass is 274 g/mol. The molecule has 0 spiro atoms. The molecule has 0 aromatic heterocycles. The van der Waals surface area contributed by atoms with E-state index in [1.807, 2.05) is 6.92 Å². The molecule has 0 saturated heterocycles. The highest BCUT2D eigenvalue weighted by atomic mass is 16.5. The number of carbonyl (C=O) groups excluding carboxylic acids is 3. The van der Waals surface area contributed by atoms with Crippen molar-refractivity contribution in [3.05, 3.63) is 0 Å². The fraction of sp³-hybridized carbons (Fsp3) is 0.769. The largest absolute Gasteiger partial charge is 0.462 e. The molecular formula is C13H22O6. The zero-order chi connectivity index (χ0) is 15.1. The smallest absolute Gasteiger partial charge is 0.327 e. The van der Waals surface area contributed by atoms with Crippen molar-refractivity contribution in [3.8, 4) is 0 Å². The first-order valence-electron chi connectivity index (χ1n) is 6.31. The predicted molar refractivity (Wildman–Crippen MR) is 67.4 cm³/mol. The van der Waals surface area contributed by atoms with Crippen molar-refractivity contribution < 1.29 is 29.3 Å². The molecule has 0 amide bonds. The minimum atomic E-state index is -1.79. The number of esters is 1. The molecule has 0 radical (unpaired) electrons. The molecule has 0 aliphatic rings. The van der Waals surface area contributed by atoms with Gasteiger partial charge in [-0.3, -0.25) is 14.4 Å². The Hall–Kier alpha value is -1.27. The van der Waals surface area contributed by atoms with Crippen LogP contribution in [-0.4, -0.2) is 47.1 Å². The molecular weight excluding hydrogens is 252 g/mol. The van der Waals surface area contributed by atoms with E-state index in [4.69, 9.17) is 14.9 Å². The lowest BCUT2D eigenvalue weighted by atomic mass is 9.76. The zero-order valence-electron chi connectivity index (χ0n) is 11.6. The van der Waals surface area contributed by atoms with Crippen LogP contribution in [0.25, 0.3) is 0 Å². The summed E-state index contributed by atoms with van der Waals surface area (Å²) >= 11 is 0. The normalized spacial score (nSPS) is 12.9. The molecule has 0 heterocycles. The van der Waals surface area contributed by atoms with E-state index < -0.39 is 42.3 Å². The highest BCUT2D eigenvalue weighted by molar-refractivity contribution is 6.21. The Morgan fingerprint density at radius 1 is 1.21 bits per heavy atom. The van der Waals surface area contributed by atoms with Gasteiger partial charge in [0.15, 0.2) is 17.0 Å². The Kier molecular flexibility index (Phi) is 7.48. The topological polar surface area (TPSA) is 101 Å². The minimum Gasteiger partial charge on any atom is -0.462 e. The van der Waals surface area contributed by atoms with Gasteiger partial charge in [-0.05, 0) is 20.3 Å². The number of aliphatic hydroxyl groups is 2. The summed E-state index contributed by atoms with van der Waals surface area (Å²) in [5.41, 5.74) is -1.79. The number of unbranched alkanes of at least 4 members (excludes halogenated alkanes) is 1. The SMILES string of the molecule is CCCCC(C(C)=O)(C(C)=O)C(=O)OCC(O)CO. The van der Waals surface area contributed by atoms with Crippen molar-refractivity contribution in [3.63, 3.8) is 0 Å². The molecule has 0 aliphatic carbocycles. The summed E-state index contributed by atoms with van der Waals surface area (Å²) < 4.78 is 4.79. The third-order valence-electron chi connectivity index (χ3n) is 3.07. The van der Waals surface area contributed by atoms with Gasteiger partial charge in [0.25, 0.3) is 0 Å². The molecule has 19 heavy (non-hydrogen) atoms. The second kappa shape index (κ2) is 8.01. The summed E-state index contributed by atoms with van der Waals surface area (Å²) in [6, 6.07) is 0. The fourth-order valence-electron chi connectivity index (χ4n) is 1.78. The summed E-state index contributed by atoms with van der Waals surface area (Å²) in [6.07, 6.45) is 0.153. The van der Waals surface area contributed by atoms with Crippen LogP contribution in [0.5, 0.6) is 0 Å². The van der Waals surface area contributed by atoms with E-state index in [0.717, 1.165) is 6.42 Å². The second-order valence-corrected chi connectivity index (χ2v) is 4.56. The number of rotatable bonds is 9. The molecule has 0 saturated carbocycles. The predicted octanol–water partition coefficient (Wildman–Crippen LogP) is 0.237. The Bertz CT molecular complexity index is 322. The van der Waals surface area contributed by atoms with Crippen LogP contribution in [0, 0.1) is 5.41 Å². The number of hydrogen-bond donors (Lipinski definition) is 2. The molecule has 0 aromatic rings. The van der Waals surface area contributed by atoms with E-state index >= 15 is 0 Å². The second-order valence-electron chi connectivity index (χ2n) is 4.56. The average molecular weight is 274 g/mol. The molecule has 1 unspecified atom stereocenters. The maximum absolute atomic E-state index is 12.0.